The Hall–Kier alpha value is -2.59. The highest BCUT2D eigenvalue weighted by Gasteiger charge is 2.47. The van der Waals surface area contributed by atoms with E-state index in [-0.39, 0.29) is 16.9 Å². The first-order chi connectivity index (χ1) is 17.4. The Labute approximate surface area is 223 Å². The minimum Gasteiger partial charge on any atom is -0.507 e. The Morgan fingerprint density at radius 1 is 0.946 bits per heavy atom. The van der Waals surface area contributed by atoms with Crippen molar-refractivity contribution in [2.45, 2.75) is 116 Å². The van der Waals surface area contributed by atoms with Gasteiger partial charge in [0.2, 0.25) is 0 Å². The minimum absolute atomic E-state index is 0.0182. The van der Waals surface area contributed by atoms with Crippen LogP contribution >= 0.6 is 0 Å². The molecule has 4 nitrogen and oxygen atoms in total. The molecule has 1 aliphatic carbocycles. The number of nitrogens with zero attached hydrogens (tertiary/aromatic N) is 2. The summed E-state index contributed by atoms with van der Waals surface area (Å²) in [5.74, 6) is 1.70. The van der Waals surface area contributed by atoms with Gasteiger partial charge in [0, 0.05) is 17.2 Å². The van der Waals surface area contributed by atoms with Gasteiger partial charge in [0.05, 0.1) is 6.04 Å². The number of nitrogens with one attached hydrogen (secondary N) is 1. The van der Waals surface area contributed by atoms with E-state index in [2.05, 4.69) is 119 Å². The minimum atomic E-state index is -0.159. The Bertz CT molecular complexity index is 1270. The van der Waals surface area contributed by atoms with Crippen LogP contribution in [-0.2, 0) is 10.8 Å². The van der Waals surface area contributed by atoms with Gasteiger partial charge in [-0.2, -0.15) is 0 Å². The molecule has 0 amide bonds. The average Bonchev–Trinajstić information content (AvgIpc) is 3.24. The van der Waals surface area contributed by atoms with Crippen LogP contribution in [-0.4, -0.2) is 15.7 Å². The predicted octanol–water partition coefficient (Wildman–Crippen LogP) is 7.50. The molecule has 5 rings (SSSR count). The van der Waals surface area contributed by atoms with E-state index in [0.717, 1.165) is 11.1 Å². The molecule has 2 aliphatic rings. The maximum atomic E-state index is 11.9. The van der Waals surface area contributed by atoms with E-state index < -0.39 is 0 Å². The molecule has 4 heteroatoms. The summed E-state index contributed by atoms with van der Waals surface area (Å²) in [4.78, 5) is 0. The first kappa shape index (κ1) is 26.0. The zero-order chi connectivity index (χ0) is 26.7. The summed E-state index contributed by atoms with van der Waals surface area (Å²) in [6.07, 6.45) is 7.23. The number of phenols is 1. The number of phenolic OH excluding ortho intramolecular Hbond substituents is 1. The fourth-order valence-corrected chi connectivity index (χ4v) is 6.39. The molecular weight excluding hydrogens is 454 g/mol. The normalized spacial score (nSPS) is 22.1. The molecule has 2 heterocycles. The number of benzene rings is 2. The van der Waals surface area contributed by atoms with Crippen LogP contribution in [0.4, 0.5) is 0 Å². The van der Waals surface area contributed by atoms with Gasteiger partial charge in [0.15, 0.2) is 5.69 Å². The summed E-state index contributed by atoms with van der Waals surface area (Å²) in [6.45, 7) is 18.0. The van der Waals surface area contributed by atoms with Crippen LogP contribution in [0.5, 0.6) is 5.75 Å². The monoisotopic (exact) mass is 500 g/mol. The smallest absolute Gasteiger partial charge is 0.279 e. The molecule has 1 fully saturated rings. The summed E-state index contributed by atoms with van der Waals surface area (Å²) < 4.78 is 5.09. The molecule has 0 spiro atoms. The molecule has 3 atom stereocenters. The third-order valence-corrected chi connectivity index (χ3v) is 8.48. The molecule has 198 valence electrons. The van der Waals surface area contributed by atoms with Crippen LogP contribution in [0, 0.1) is 0 Å². The molecule has 1 aliphatic heterocycles. The van der Waals surface area contributed by atoms with Crippen LogP contribution in [0.2, 0.25) is 0 Å². The van der Waals surface area contributed by atoms with Gasteiger partial charge >= 0.3 is 0 Å². The van der Waals surface area contributed by atoms with Crippen molar-refractivity contribution >= 4 is 0 Å². The van der Waals surface area contributed by atoms with E-state index in [4.69, 9.17) is 0 Å². The number of imidazole rings is 1. The van der Waals surface area contributed by atoms with E-state index in [1.54, 1.807) is 0 Å². The number of aromatic hydroxyl groups is 1. The Morgan fingerprint density at radius 2 is 1.62 bits per heavy atom. The lowest BCUT2D eigenvalue weighted by Gasteiger charge is -2.39. The van der Waals surface area contributed by atoms with E-state index >= 15 is 0 Å². The van der Waals surface area contributed by atoms with Crippen molar-refractivity contribution in [1.82, 2.24) is 9.88 Å². The molecule has 1 aromatic heterocycles. The van der Waals surface area contributed by atoms with Crippen molar-refractivity contribution in [3.05, 3.63) is 71.2 Å². The molecule has 2 aromatic carbocycles. The molecule has 3 aromatic rings. The van der Waals surface area contributed by atoms with Crippen molar-refractivity contribution in [3.8, 4) is 17.0 Å². The second-order valence-corrected chi connectivity index (χ2v) is 13.6. The summed E-state index contributed by atoms with van der Waals surface area (Å²) >= 11 is 0. The lowest BCUT2D eigenvalue weighted by atomic mass is 9.77. The fourth-order valence-electron chi connectivity index (χ4n) is 6.39. The van der Waals surface area contributed by atoms with Gasteiger partial charge in [0.25, 0.3) is 5.82 Å². The molecule has 2 N–H and O–H groups in total. The SMILES string of the molecule is CC(C)[n+]1cc(-c2ccccc2)n2c1C(c1cc(C(C)(C)C)cc(C(C)(C)C)c1O)N[C@@H]1CCCC[C@H]12. The highest BCUT2D eigenvalue weighted by atomic mass is 16.3. The predicted molar refractivity (Wildman–Crippen MR) is 152 cm³/mol. The zero-order valence-electron chi connectivity index (χ0n) is 24.1. The van der Waals surface area contributed by atoms with E-state index in [9.17, 15) is 5.11 Å². The van der Waals surface area contributed by atoms with Crippen LogP contribution in [0.1, 0.15) is 122 Å². The van der Waals surface area contributed by atoms with E-state index in [0.29, 0.717) is 23.9 Å². The Morgan fingerprint density at radius 3 is 2.24 bits per heavy atom. The second-order valence-electron chi connectivity index (χ2n) is 13.6. The molecule has 0 bridgehead atoms. The highest BCUT2D eigenvalue weighted by Crippen LogP contribution is 2.46. The van der Waals surface area contributed by atoms with Crippen molar-refractivity contribution in [1.29, 1.82) is 0 Å². The zero-order valence-corrected chi connectivity index (χ0v) is 24.1. The summed E-state index contributed by atoms with van der Waals surface area (Å²) in [5, 5.41) is 16.0. The Kier molecular flexibility index (Phi) is 6.55. The number of hydrogen-bond acceptors (Lipinski definition) is 2. The molecule has 1 unspecified atom stereocenters. The maximum Gasteiger partial charge on any atom is 0.279 e. The van der Waals surface area contributed by atoms with Crippen molar-refractivity contribution < 1.29 is 9.67 Å². The highest BCUT2D eigenvalue weighted by molar-refractivity contribution is 5.60. The number of hydrogen-bond donors (Lipinski definition) is 2. The standard InChI is InChI=1S/C33H45N3O/c1-21(2)35-20-28(22-14-10-9-11-15-22)36-27-17-13-12-16-26(27)34-29(31(35)36)24-18-23(32(3,4)5)19-25(30(24)37)33(6,7)8/h9-11,14-15,18-21,26-27,29,34H,12-13,16-17H2,1-8H3/p+1/t26-,27-,29?/m1/s1. The van der Waals surface area contributed by atoms with Gasteiger partial charge in [-0.1, -0.05) is 84.4 Å². The number of fused-ring (bicyclic) bond motifs is 3. The van der Waals surface area contributed by atoms with Gasteiger partial charge in [0.1, 0.15) is 24.0 Å². The van der Waals surface area contributed by atoms with Crippen LogP contribution < -0.4 is 9.88 Å². The lowest BCUT2D eigenvalue weighted by Crippen LogP contribution is -2.53. The van der Waals surface area contributed by atoms with Gasteiger partial charge < -0.3 is 5.11 Å². The van der Waals surface area contributed by atoms with Gasteiger partial charge in [-0.15, -0.1) is 0 Å². The average molecular weight is 501 g/mol. The number of rotatable bonds is 3. The fraction of sp³-hybridized carbons (Fsp3) is 0.545. The number of aromatic nitrogens is 2. The van der Waals surface area contributed by atoms with Gasteiger partial charge in [-0.3, -0.25) is 5.32 Å². The topological polar surface area (TPSA) is 41.1 Å². The third kappa shape index (κ3) is 4.63. The summed E-state index contributed by atoms with van der Waals surface area (Å²) in [5.41, 5.74) is 5.68. The summed E-state index contributed by atoms with van der Waals surface area (Å²) in [7, 11) is 0. The van der Waals surface area contributed by atoms with Crippen LogP contribution in [0.25, 0.3) is 11.3 Å². The van der Waals surface area contributed by atoms with Gasteiger partial charge in [-0.25, -0.2) is 9.13 Å². The third-order valence-electron chi connectivity index (χ3n) is 8.48. The van der Waals surface area contributed by atoms with Crippen molar-refractivity contribution in [2.75, 3.05) is 0 Å². The largest absolute Gasteiger partial charge is 0.507 e. The summed E-state index contributed by atoms with van der Waals surface area (Å²) in [6, 6.07) is 16.4. The molecular formula is C33H46N3O+. The lowest BCUT2D eigenvalue weighted by molar-refractivity contribution is -0.724. The Balaban J connectivity index is 1.81. The van der Waals surface area contributed by atoms with Crippen LogP contribution in [0.3, 0.4) is 0 Å². The quantitative estimate of drug-likeness (QED) is 0.366. The second kappa shape index (κ2) is 9.31. The molecule has 0 radical (unpaired) electrons. The first-order valence-electron chi connectivity index (χ1n) is 14.2. The molecule has 37 heavy (non-hydrogen) atoms. The van der Waals surface area contributed by atoms with Gasteiger partial charge in [-0.05, 0) is 61.1 Å². The maximum absolute atomic E-state index is 11.9. The van der Waals surface area contributed by atoms with E-state index in [1.165, 1.54) is 48.3 Å². The van der Waals surface area contributed by atoms with E-state index in [1.807, 2.05) is 0 Å². The van der Waals surface area contributed by atoms with Crippen molar-refractivity contribution in [3.63, 3.8) is 0 Å². The molecule has 1 saturated carbocycles. The molecule has 0 saturated heterocycles. The van der Waals surface area contributed by atoms with Crippen molar-refractivity contribution in [2.24, 2.45) is 0 Å². The first-order valence-corrected chi connectivity index (χ1v) is 14.2. The van der Waals surface area contributed by atoms with Crippen LogP contribution in [0.15, 0.2) is 48.7 Å².